The maximum absolute atomic E-state index is 17.2. The molecule has 4 aliphatic rings. The second-order valence-electron chi connectivity index (χ2n) is 10.6. The number of aliphatic hydroxyl groups is 1. The molecule has 0 aromatic carbocycles. The zero-order valence-electron chi connectivity index (χ0n) is 19.9. The monoisotopic (exact) mass is 482 g/mol. The van der Waals surface area contributed by atoms with E-state index in [9.17, 15) is 24.0 Å². The van der Waals surface area contributed by atoms with Gasteiger partial charge < -0.3 is 14.6 Å². The number of ketones is 2. The molecule has 1 N–H and O–H groups in total. The average molecular weight is 483 g/mol. The van der Waals surface area contributed by atoms with E-state index in [1.165, 1.54) is 26.0 Å². The predicted molar refractivity (Wildman–Crippen MR) is 115 cm³/mol. The molecule has 3 saturated carbocycles. The number of Topliss-reactive ketones (excluding diaryl/α,β-unsaturated/α-hetero) is 1. The van der Waals surface area contributed by atoms with Crippen molar-refractivity contribution in [2.24, 2.45) is 22.7 Å². The van der Waals surface area contributed by atoms with Crippen LogP contribution in [0.2, 0.25) is 0 Å². The fourth-order valence-electron chi connectivity index (χ4n) is 7.50. The first-order chi connectivity index (χ1) is 15.9. The van der Waals surface area contributed by atoms with Crippen molar-refractivity contribution in [1.82, 2.24) is 0 Å². The highest BCUT2D eigenvalue weighted by atomic mass is 19.3. The van der Waals surface area contributed by atoms with Crippen molar-refractivity contribution in [3.63, 3.8) is 0 Å². The third-order valence-electron chi connectivity index (χ3n) is 9.11. The zero-order chi connectivity index (χ0) is 25.1. The second-order valence-corrected chi connectivity index (χ2v) is 10.6. The number of hydrogen-bond acceptors (Lipinski definition) is 7. The van der Waals surface area contributed by atoms with Crippen molar-refractivity contribution in [3.8, 4) is 0 Å². The summed E-state index contributed by atoms with van der Waals surface area (Å²) in [4.78, 5) is 40.6. The Bertz CT molecular complexity index is 963. The van der Waals surface area contributed by atoms with Gasteiger partial charge in [0, 0.05) is 23.7 Å². The molecule has 0 radical (unpaired) electrons. The minimum atomic E-state index is -2.06. The molecule has 0 aromatic rings. The number of alkyl halides is 1. The molecule has 0 bridgehead atoms. The van der Waals surface area contributed by atoms with E-state index in [1.807, 2.05) is 0 Å². The molecule has 34 heavy (non-hydrogen) atoms. The van der Waals surface area contributed by atoms with Gasteiger partial charge in [-0.3, -0.25) is 14.4 Å². The molecule has 0 amide bonds. The van der Waals surface area contributed by atoms with Crippen LogP contribution in [0.15, 0.2) is 23.8 Å². The van der Waals surface area contributed by atoms with E-state index in [0.717, 1.165) is 0 Å². The topological polar surface area (TPSA) is 99.1 Å². The van der Waals surface area contributed by atoms with Gasteiger partial charge in [-0.25, -0.2) is 4.39 Å². The first kappa shape index (κ1) is 25.1. The number of halogens is 2. The van der Waals surface area contributed by atoms with Gasteiger partial charge in [-0.2, -0.15) is 4.94 Å². The van der Waals surface area contributed by atoms with Crippen LogP contribution in [-0.4, -0.2) is 52.9 Å². The van der Waals surface area contributed by atoms with Crippen molar-refractivity contribution in [2.75, 3.05) is 6.61 Å². The Morgan fingerprint density at radius 2 is 1.97 bits per heavy atom. The molecule has 188 valence electrons. The van der Waals surface area contributed by atoms with Gasteiger partial charge in [0.2, 0.25) is 5.78 Å². The van der Waals surface area contributed by atoms with Crippen LogP contribution < -0.4 is 0 Å². The SMILES string of the molecule is CC(=O)OCC(=O)[C@@]1(OC(C)OF)CCC2C3CCC4=CC(=O)C=CC4(C)[C@@]3(F)C(O)CC21C. The van der Waals surface area contributed by atoms with Gasteiger partial charge in [0.25, 0.3) is 0 Å². The number of hydrogen-bond donors (Lipinski definition) is 1. The number of rotatable bonds is 6. The van der Waals surface area contributed by atoms with Crippen LogP contribution in [0, 0.1) is 22.7 Å². The summed E-state index contributed by atoms with van der Waals surface area (Å²) in [7, 11) is 0. The number of carbonyl (C=O) groups excluding carboxylic acids is 3. The van der Waals surface area contributed by atoms with Gasteiger partial charge in [-0.05, 0) is 68.5 Å². The number of ether oxygens (including phenoxy) is 2. The lowest BCUT2D eigenvalue weighted by Crippen LogP contribution is -2.69. The molecule has 0 spiro atoms. The lowest BCUT2D eigenvalue weighted by molar-refractivity contribution is -0.316. The number of fused-ring (bicyclic) bond motifs is 5. The van der Waals surface area contributed by atoms with Gasteiger partial charge in [0.1, 0.15) is 5.60 Å². The summed E-state index contributed by atoms with van der Waals surface area (Å²) in [6.07, 6.45) is 2.80. The molecular formula is C25H32F2O7. The van der Waals surface area contributed by atoms with E-state index in [4.69, 9.17) is 9.47 Å². The Hall–Kier alpha value is -1.97. The van der Waals surface area contributed by atoms with E-state index in [0.29, 0.717) is 24.8 Å². The smallest absolute Gasteiger partial charge is 0.303 e. The first-order valence-electron chi connectivity index (χ1n) is 11.8. The third-order valence-corrected chi connectivity index (χ3v) is 9.11. The van der Waals surface area contributed by atoms with Gasteiger partial charge in [-0.15, -0.1) is 0 Å². The summed E-state index contributed by atoms with van der Waals surface area (Å²) < 4.78 is 41.0. The summed E-state index contributed by atoms with van der Waals surface area (Å²) in [5, 5.41) is 11.4. The van der Waals surface area contributed by atoms with Gasteiger partial charge >= 0.3 is 5.97 Å². The van der Waals surface area contributed by atoms with Crippen LogP contribution in [0.4, 0.5) is 8.92 Å². The Morgan fingerprint density at radius 1 is 1.26 bits per heavy atom. The van der Waals surface area contributed by atoms with E-state index in [1.54, 1.807) is 19.9 Å². The fourth-order valence-corrected chi connectivity index (χ4v) is 7.50. The molecule has 8 atom stereocenters. The number of allylic oxidation sites excluding steroid dienone is 4. The van der Waals surface area contributed by atoms with E-state index in [-0.39, 0.29) is 24.5 Å². The van der Waals surface area contributed by atoms with E-state index in [2.05, 4.69) is 4.94 Å². The molecule has 9 heteroatoms. The highest BCUT2D eigenvalue weighted by molar-refractivity contribution is 6.01. The zero-order valence-corrected chi connectivity index (χ0v) is 19.9. The highest BCUT2D eigenvalue weighted by Crippen LogP contribution is 2.70. The standard InChI is InChI=1S/C25H32F2O7/c1-14(28)32-13-21(31)24(33-15(2)34-27)10-8-18-19-6-5-16-11-17(29)7-9-22(16,3)25(19,26)20(30)12-23(18,24)4/h7,9,11,15,18-20,30H,5-6,8,10,12-13H2,1-4H3/t15?,18?,19?,20?,22?,23?,24-,25-/m0/s1. The lowest BCUT2D eigenvalue weighted by Gasteiger charge is -2.63. The first-order valence-corrected chi connectivity index (χ1v) is 11.8. The van der Waals surface area contributed by atoms with Crippen molar-refractivity contribution < 1.29 is 42.8 Å². The Balaban J connectivity index is 1.77. The van der Waals surface area contributed by atoms with E-state index < -0.39 is 58.8 Å². The van der Waals surface area contributed by atoms with Crippen LogP contribution >= 0.6 is 0 Å². The summed E-state index contributed by atoms with van der Waals surface area (Å²) in [6, 6.07) is 0. The van der Waals surface area contributed by atoms with Crippen LogP contribution in [0.25, 0.3) is 0 Å². The molecule has 6 unspecified atom stereocenters. The van der Waals surface area contributed by atoms with Gasteiger partial charge in [-0.1, -0.05) is 18.6 Å². The fraction of sp³-hybridized carbons (Fsp3) is 0.720. The Morgan fingerprint density at radius 3 is 2.62 bits per heavy atom. The van der Waals surface area contributed by atoms with Crippen LogP contribution in [0.1, 0.15) is 59.8 Å². The quantitative estimate of drug-likeness (QED) is 0.457. The summed E-state index contributed by atoms with van der Waals surface area (Å²) in [5.74, 6) is -2.43. The molecule has 3 fully saturated rings. The molecule has 0 heterocycles. The third kappa shape index (κ3) is 3.27. The lowest BCUT2D eigenvalue weighted by atomic mass is 9.44. The average Bonchev–Trinajstić information content (AvgIpc) is 3.06. The van der Waals surface area contributed by atoms with E-state index >= 15 is 4.39 Å². The normalized spacial score (nSPS) is 43.9. The molecule has 0 saturated heterocycles. The molecule has 0 aliphatic heterocycles. The van der Waals surface area contributed by atoms with Gasteiger partial charge in [0.05, 0.1) is 6.10 Å². The molecule has 0 aromatic heterocycles. The van der Waals surface area contributed by atoms with Crippen molar-refractivity contribution in [3.05, 3.63) is 23.8 Å². The van der Waals surface area contributed by atoms with Crippen molar-refractivity contribution >= 4 is 17.5 Å². The Labute approximate surface area is 197 Å². The largest absolute Gasteiger partial charge is 0.458 e. The van der Waals surface area contributed by atoms with Crippen LogP contribution in [0.3, 0.4) is 0 Å². The van der Waals surface area contributed by atoms with Crippen molar-refractivity contribution in [1.29, 1.82) is 0 Å². The summed E-state index contributed by atoms with van der Waals surface area (Å²) in [5.41, 5.74) is -5.25. The Kier molecular flexibility index (Phi) is 6.14. The second kappa shape index (κ2) is 8.31. The summed E-state index contributed by atoms with van der Waals surface area (Å²) >= 11 is 0. The van der Waals surface area contributed by atoms with Crippen molar-refractivity contribution in [2.45, 2.75) is 83.5 Å². The highest BCUT2D eigenvalue weighted by Gasteiger charge is 2.75. The summed E-state index contributed by atoms with van der Waals surface area (Å²) in [6.45, 7) is 5.37. The minimum Gasteiger partial charge on any atom is -0.458 e. The maximum atomic E-state index is 17.2. The molecular weight excluding hydrogens is 450 g/mol. The van der Waals surface area contributed by atoms with Crippen LogP contribution in [0.5, 0.6) is 0 Å². The minimum absolute atomic E-state index is 0.125. The number of aliphatic hydroxyl groups excluding tert-OH is 1. The predicted octanol–water partition coefficient (Wildman–Crippen LogP) is 3.49. The maximum Gasteiger partial charge on any atom is 0.303 e. The molecule has 4 aliphatic carbocycles. The van der Waals surface area contributed by atoms with Crippen LogP contribution in [-0.2, 0) is 28.8 Å². The van der Waals surface area contributed by atoms with Gasteiger partial charge in [0.15, 0.2) is 24.3 Å². The number of carbonyl (C=O) groups is 3. The molecule has 4 rings (SSSR count). The molecule has 7 nitrogen and oxygen atoms in total. The number of esters is 1.